The molecule has 2 nitrogen and oxygen atoms in total. The summed E-state index contributed by atoms with van der Waals surface area (Å²) in [6.07, 6.45) is 0. The van der Waals surface area contributed by atoms with Crippen molar-refractivity contribution in [3.05, 3.63) is 55.1 Å². The van der Waals surface area contributed by atoms with Crippen LogP contribution in [0.5, 0.6) is 0 Å². The van der Waals surface area contributed by atoms with Crippen molar-refractivity contribution in [2.24, 2.45) is 0 Å². The highest BCUT2D eigenvalue weighted by atomic mass is 79.9. The minimum atomic E-state index is 0.0000902. The lowest BCUT2D eigenvalue weighted by atomic mass is 10.1. The Labute approximate surface area is 130 Å². The lowest BCUT2D eigenvalue weighted by molar-refractivity contribution is 0.0785. The summed E-state index contributed by atoms with van der Waals surface area (Å²) < 4.78 is 1.56. The first-order valence-corrected chi connectivity index (χ1v) is 7.72. The maximum absolute atomic E-state index is 12.4. The molecule has 1 aromatic carbocycles. The molecule has 1 amide bonds. The highest BCUT2D eigenvalue weighted by Crippen LogP contribution is 2.24. The lowest BCUT2D eigenvalue weighted by Gasteiger charge is -2.17. The van der Waals surface area contributed by atoms with Crippen LogP contribution in [0.15, 0.2) is 34.8 Å². The molecule has 2 rings (SSSR count). The zero-order valence-corrected chi connectivity index (χ0v) is 13.8. The van der Waals surface area contributed by atoms with E-state index in [4.69, 9.17) is 11.6 Å². The maximum atomic E-state index is 12.4. The predicted molar refractivity (Wildman–Crippen MR) is 84.0 cm³/mol. The molecule has 0 spiro atoms. The Morgan fingerprint density at radius 2 is 2.11 bits per heavy atom. The van der Waals surface area contributed by atoms with Gasteiger partial charge in [0.1, 0.15) is 0 Å². The van der Waals surface area contributed by atoms with Crippen LogP contribution >= 0.6 is 38.9 Å². The van der Waals surface area contributed by atoms with E-state index in [0.29, 0.717) is 12.1 Å². The molecule has 0 atom stereocenters. The molecule has 1 aromatic heterocycles. The number of thiophene rings is 1. The SMILES string of the molecule is Cc1ccc(Br)c(C(=O)N(C)Cc2ccc(Cl)s2)c1. The van der Waals surface area contributed by atoms with Gasteiger partial charge in [-0.25, -0.2) is 0 Å². The van der Waals surface area contributed by atoms with Crippen molar-refractivity contribution in [1.29, 1.82) is 0 Å². The van der Waals surface area contributed by atoms with Crippen molar-refractivity contribution in [2.75, 3.05) is 7.05 Å². The Bertz CT molecular complexity index is 611. The molecule has 0 aliphatic carbocycles. The zero-order chi connectivity index (χ0) is 14.0. The van der Waals surface area contributed by atoms with E-state index in [2.05, 4.69) is 15.9 Å². The third-order valence-corrected chi connectivity index (χ3v) is 4.63. The first-order chi connectivity index (χ1) is 8.97. The normalized spacial score (nSPS) is 10.5. The van der Waals surface area contributed by atoms with E-state index >= 15 is 0 Å². The molecule has 100 valence electrons. The van der Waals surface area contributed by atoms with Crippen molar-refractivity contribution in [3.8, 4) is 0 Å². The Balaban J connectivity index is 2.16. The molecule has 0 aliphatic rings. The van der Waals surface area contributed by atoms with E-state index in [1.54, 1.807) is 11.9 Å². The Morgan fingerprint density at radius 3 is 2.74 bits per heavy atom. The summed E-state index contributed by atoms with van der Waals surface area (Å²) in [6, 6.07) is 9.56. The van der Waals surface area contributed by atoms with Gasteiger partial charge in [-0.1, -0.05) is 23.2 Å². The summed E-state index contributed by atoms with van der Waals surface area (Å²) in [6.45, 7) is 2.54. The minimum Gasteiger partial charge on any atom is -0.337 e. The van der Waals surface area contributed by atoms with Gasteiger partial charge >= 0.3 is 0 Å². The van der Waals surface area contributed by atoms with Gasteiger partial charge in [0, 0.05) is 16.4 Å². The summed E-state index contributed by atoms with van der Waals surface area (Å²) in [5, 5.41) is 0. The lowest BCUT2D eigenvalue weighted by Crippen LogP contribution is -2.26. The number of hydrogen-bond acceptors (Lipinski definition) is 2. The van der Waals surface area contributed by atoms with Crippen LogP contribution in [0.2, 0.25) is 4.34 Å². The van der Waals surface area contributed by atoms with Crippen LogP contribution in [0.1, 0.15) is 20.8 Å². The molecule has 1 heterocycles. The van der Waals surface area contributed by atoms with E-state index in [1.165, 1.54) is 11.3 Å². The largest absolute Gasteiger partial charge is 0.337 e. The summed E-state index contributed by atoms with van der Waals surface area (Å²) in [7, 11) is 1.80. The fourth-order valence-corrected chi connectivity index (χ4v) is 3.31. The third kappa shape index (κ3) is 3.59. The van der Waals surface area contributed by atoms with Gasteiger partial charge in [0.05, 0.1) is 16.4 Å². The van der Waals surface area contributed by atoms with Crippen molar-refractivity contribution in [3.63, 3.8) is 0 Å². The highest BCUT2D eigenvalue weighted by molar-refractivity contribution is 9.10. The molecule has 0 bridgehead atoms. The second-order valence-electron chi connectivity index (χ2n) is 4.35. The zero-order valence-electron chi connectivity index (χ0n) is 10.6. The summed E-state index contributed by atoms with van der Waals surface area (Å²) in [5.74, 6) is 0.0000902. The molecule has 0 saturated carbocycles. The molecular formula is C14H13BrClNOS. The van der Waals surface area contributed by atoms with Crippen LogP contribution in [0.3, 0.4) is 0 Å². The molecule has 0 radical (unpaired) electrons. The monoisotopic (exact) mass is 357 g/mol. The van der Waals surface area contributed by atoms with Crippen molar-refractivity contribution >= 4 is 44.8 Å². The molecule has 0 saturated heterocycles. The number of rotatable bonds is 3. The number of halogens is 2. The molecule has 0 unspecified atom stereocenters. The van der Waals surface area contributed by atoms with Gasteiger partial charge in [0.2, 0.25) is 0 Å². The Morgan fingerprint density at radius 1 is 1.37 bits per heavy atom. The fourth-order valence-electron chi connectivity index (χ4n) is 1.75. The van der Waals surface area contributed by atoms with E-state index < -0.39 is 0 Å². The van der Waals surface area contributed by atoms with E-state index in [-0.39, 0.29) is 5.91 Å². The average Bonchev–Trinajstić information content (AvgIpc) is 2.77. The van der Waals surface area contributed by atoms with Crippen LogP contribution in [0.4, 0.5) is 0 Å². The number of hydrogen-bond donors (Lipinski definition) is 0. The van der Waals surface area contributed by atoms with Crippen LogP contribution in [0, 0.1) is 6.92 Å². The maximum Gasteiger partial charge on any atom is 0.255 e. The number of nitrogens with zero attached hydrogens (tertiary/aromatic N) is 1. The smallest absolute Gasteiger partial charge is 0.255 e. The number of benzene rings is 1. The van der Waals surface area contributed by atoms with E-state index in [0.717, 1.165) is 19.2 Å². The first kappa shape index (κ1) is 14.6. The number of carbonyl (C=O) groups is 1. The number of amides is 1. The first-order valence-electron chi connectivity index (χ1n) is 5.73. The Hall–Kier alpha value is -0.840. The van der Waals surface area contributed by atoms with E-state index in [9.17, 15) is 4.79 Å². The molecule has 0 aliphatic heterocycles. The van der Waals surface area contributed by atoms with Crippen molar-refractivity contribution in [2.45, 2.75) is 13.5 Å². The number of aryl methyl sites for hydroxylation is 1. The Kier molecular flexibility index (Phi) is 4.66. The van der Waals surface area contributed by atoms with Gasteiger partial charge in [-0.15, -0.1) is 11.3 Å². The molecule has 2 aromatic rings. The standard InChI is InChI=1S/C14H13BrClNOS/c1-9-3-5-12(15)11(7-9)14(18)17(2)8-10-4-6-13(16)19-10/h3-7H,8H2,1-2H3. The number of carbonyl (C=O) groups excluding carboxylic acids is 1. The van der Waals surface area contributed by atoms with Gasteiger partial charge in [0.25, 0.3) is 5.91 Å². The summed E-state index contributed by atoms with van der Waals surface area (Å²) in [5.41, 5.74) is 1.75. The van der Waals surface area contributed by atoms with Gasteiger partial charge in [-0.3, -0.25) is 4.79 Å². The molecule has 5 heteroatoms. The van der Waals surface area contributed by atoms with E-state index in [1.807, 2.05) is 37.3 Å². The van der Waals surface area contributed by atoms with Crippen molar-refractivity contribution < 1.29 is 4.79 Å². The van der Waals surface area contributed by atoms with Crippen LogP contribution in [0.25, 0.3) is 0 Å². The highest BCUT2D eigenvalue weighted by Gasteiger charge is 2.15. The summed E-state index contributed by atoms with van der Waals surface area (Å²) in [4.78, 5) is 15.2. The van der Waals surface area contributed by atoms with Crippen LogP contribution in [-0.2, 0) is 6.54 Å². The fraction of sp³-hybridized carbons (Fsp3) is 0.214. The molecule has 19 heavy (non-hydrogen) atoms. The molecular weight excluding hydrogens is 346 g/mol. The van der Waals surface area contributed by atoms with Gasteiger partial charge < -0.3 is 4.90 Å². The van der Waals surface area contributed by atoms with Crippen LogP contribution in [-0.4, -0.2) is 17.9 Å². The molecule has 0 N–H and O–H groups in total. The summed E-state index contributed by atoms with van der Waals surface area (Å²) >= 11 is 10.8. The topological polar surface area (TPSA) is 20.3 Å². The second-order valence-corrected chi connectivity index (χ2v) is 7.00. The van der Waals surface area contributed by atoms with Gasteiger partial charge in [0.15, 0.2) is 0 Å². The van der Waals surface area contributed by atoms with Crippen molar-refractivity contribution in [1.82, 2.24) is 4.90 Å². The van der Waals surface area contributed by atoms with Gasteiger partial charge in [-0.05, 0) is 47.1 Å². The minimum absolute atomic E-state index is 0.0000902. The molecule has 0 fully saturated rings. The average molecular weight is 359 g/mol. The third-order valence-electron chi connectivity index (χ3n) is 2.72. The predicted octanol–water partition coefficient (Wildman–Crippen LogP) is 4.74. The van der Waals surface area contributed by atoms with Gasteiger partial charge in [-0.2, -0.15) is 0 Å². The quantitative estimate of drug-likeness (QED) is 0.775. The second kappa shape index (κ2) is 6.07. The van der Waals surface area contributed by atoms with Crippen LogP contribution < -0.4 is 0 Å².